The van der Waals surface area contributed by atoms with E-state index in [1.165, 1.54) is 26.2 Å². The molecule has 2 unspecified atom stereocenters. The summed E-state index contributed by atoms with van der Waals surface area (Å²) in [6.07, 6.45) is 0. The van der Waals surface area contributed by atoms with Crippen LogP contribution in [0.1, 0.15) is 27.7 Å². The highest BCUT2D eigenvalue weighted by molar-refractivity contribution is 7.92. The van der Waals surface area contributed by atoms with Crippen molar-refractivity contribution in [3.8, 4) is 17.6 Å². The lowest BCUT2D eigenvalue weighted by molar-refractivity contribution is -0.144. The molecule has 1 aromatic rings. The molecule has 0 aromatic heterocycles. The minimum absolute atomic E-state index is 0.111. The fourth-order valence-electron chi connectivity index (χ4n) is 2.12. The van der Waals surface area contributed by atoms with Crippen LogP contribution in [0, 0.1) is 17.8 Å². The van der Waals surface area contributed by atoms with E-state index >= 15 is 0 Å². The summed E-state index contributed by atoms with van der Waals surface area (Å²) in [5, 5.41) is 1.90. The van der Waals surface area contributed by atoms with Crippen LogP contribution in [0.5, 0.6) is 5.75 Å². The van der Waals surface area contributed by atoms with Crippen molar-refractivity contribution in [1.29, 1.82) is 0 Å². The van der Waals surface area contributed by atoms with E-state index < -0.39 is 27.2 Å². The molecular formula is C18H25NO5S. The van der Waals surface area contributed by atoms with Crippen LogP contribution >= 0.6 is 0 Å². The van der Waals surface area contributed by atoms with Gasteiger partial charge in [-0.15, -0.1) is 5.92 Å². The summed E-state index contributed by atoms with van der Waals surface area (Å²) in [5.74, 6) is 5.42. The second-order valence-electron chi connectivity index (χ2n) is 5.79. The van der Waals surface area contributed by atoms with E-state index in [9.17, 15) is 13.2 Å². The zero-order chi connectivity index (χ0) is 19.0. The normalized spacial score (nSPS) is 13.5. The minimum atomic E-state index is -3.65. The van der Waals surface area contributed by atoms with E-state index in [1.807, 2.05) is 13.8 Å². The number of ether oxygens (including phenoxy) is 2. The number of nitrogens with one attached hydrogen (secondary N) is 1. The standard InChI is InChI=1S/C18H25NO5S/c1-6-7-12-24-15-8-10-16(11-9-15)25(21,22)14(4)19-17(13(2)3)18(20)23-5/h8-11,13-14,17,19H,12H2,1-5H3. The Bertz CT molecular complexity index is 729. The first-order valence-electron chi connectivity index (χ1n) is 7.94. The first-order chi connectivity index (χ1) is 11.7. The average Bonchev–Trinajstić information content (AvgIpc) is 2.59. The van der Waals surface area contributed by atoms with Gasteiger partial charge in [-0.2, -0.15) is 0 Å². The first kappa shape index (κ1) is 21.0. The van der Waals surface area contributed by atoms with Crippen LogP contribution in [-0.4, -0.2) is 39.5 Å². The van der Waals surface area contributed by atoms with Crippen molar-refractivity contribution in [2.75, 3.05) is 13.7 Å². The second kappa shape index (κ2) is 9.44. The van der Waals surface area contributed by atoms with Crippen LogP contribution in [0.2, 0.25) is 0 Å². The molecule has 0 aliphatic heterocycles. The van der Waals surface area contributed by atoms with Gasteiger partial charge in [-0.1, -0.05) is 19.8 Å². The fraction of sp³-hybridized carbons (Fsp3) is 0.500. The molecule has 0 spiro atoms. The third kappa shape index (κ3) is 5.76. The first-order valence-corrected chi connectivity index (χ1v) is 9.49. The Hall–Kier alpha value is -2.04. The van der Waals surface area contributed by atoms with Gasteiger partial charge in [0.05, 0.1) is 12.0 Å². The number of carbonyl (C=O) groups excluding carboxylic acids is 1. The Morgan fingerprint density at radius 2 is 1.80 bits per heavy atom. The van der Waals surface area contributed by atoms with E-state index in [0.717, 1.165) is 0 Å². The van der Waals surface area contributed by atoms with Gasteiger partial charge in [-0.25, -0.2) is 8.42 Å². The molecule has 0 radical (unpaired) electrons. The van der Waals surface area contributed by atoms with Crippen molar-refractivity contribution in [3.05, 3.63) is 24.3 Å². The lowest BCUT2D eigenvalue weighted by atomic mass is 10.1. The van der Waals surface area contributed by atoms with Crippen molar-refractivity contribution in [2.45, 2.75) is 44.0 Å². The molecule has 0 heterocycles. The molecule has 2 atom stereocenters. The number of sulfone groups is 1. The van der Waals surface area contributed by atoms with Gasteiger partial charge in [-0.05, 0) is 44.0 Å². The quantitative estimate of drug-likeness (QED) is 0.559. The van der Waals surface area contributed by atoms with Gasteiger partial charge < -0.3 is 9.47 Å². The molecule has 1 N–H and O–H groups in total. The number of benzene rings is 1. The van der Waals surface area contributed by atoms with Gasteiger partial charge in [0.15, 0.2) is 9.84 Å². The molecule has 1 rings (SSSR count). The third-order valence-electron chi connectivity index (χ3n) is 3.64. The van der Waals surface area contributed by atoms with E-state index in [0.29, 0.717) is 5.75 Å². The highest BCUT2D eigenvalue weighted by Crippen LogP contribution is 2.20. The molecule has 7 heteroatoms. The van der Waals surface area contributed by atoms with Crippen LogP contribution in [0.3, 0.4) is 0 Å². The largest absolute Gasteiger partial charge is 0.481 e. The number of hydrogen-bond donors (Lipinski definition) is 1. The van der Waals surface area contributed by atoms with Gasteiger partial charge in [-0.3, -0.25) is 10.1 Å². The predicted octanol–water partition coefficient (Wildman–Crippen LogP) is 2.00. The molecule has 1 aromatic carbocycles. The number of esters is 1. The van der Waals surface area contributed by atoms with Crippen molar-refractivity contribution in [1.82, 2.24) is 5.32 Å². The third-order valence-corrected chi connectivity index (χ3v) is 5.64. The van der Waals surface area contributed by atoms with Crippen LogP contribution in [0.4, 0.5) is 0 Å². The summed E-state index contributed by atoms with van der Waals surface area (Å²) in [6, 6.07) is 5.41. The maximum absolute atomic E-state index is 12.7. The molecule has 138 valence electrons. The Labute approximate surface area is 149 Å². The molecular weight excluding hydrogens is 342 g/mol. The van der Waals surface area contributed by atoms with Crippen molar-refractivity contribution in [2.24, 2.45) is 5.92 Å². The summed E-state index contributed by atoms with van der Waals surface area (Å²) in [7, 11) is -2.38. The van der Waals surface area contributed by atoms with Crippen molar-refractivity contribution in [3.63, 3.8) is 0 Å². The van der Waals surface area contributed by atoms with Crippen LogP contribution in [0.15, 0.2) is 29.2 Å². The molecule has 25 heavy (non-hydrogen) atoms. The smallest absolute Gasteiger partial charge is 0.323 e. The molecule has 0 bridgehead atoms. The average molecular weight is 367 g/mol. The number of carbonyl (C=O) groups is 1. The van der Waals surface area contributed by atoms with Crippen molar-refractivity contribution >= 4 is 15.8 Å². The summed E-state index contributed by atoms with van der Waals surface area (Å²) in [4.78, 5) is 12.0. The molecule has 0 fully saturated rings. The van der Waals surface area contributed by atoms with E-state index in [1.54, 1.807) is 19.1 Å². The number of methoxy groups -OCH3 is 1. The number of rotatable bonds is 8. The fourth-order valence-corrected chi connectivity index (χ4v) is 3.37. The molecule has 6 nitrogen and oxygen atoms in total. The summed E-state index contributed by atoms with van der Waals surface area (Å²) in [5.41, 5.74) is 0. The van der Waals surface area contributed by atoms with E-state index in [-0.39, 0.29) is 17.4 Å². The van der Waals surface area contributed by atoms with Gasteiger partial charge >= 0.3 is 5.97 Å². The Morgan fingerprint density at radius 1 is 1.20 bits per heavy atom. The lowest BCUT2D eigenvalue weighted by Crippen LogP contribution is -2.48. The highest BCUT2D eigenvalue weighted by atomic mass is 32.2. The summed E-state index contributed by atoms with van der Waals surface area (Å²) < 4.78 is 35.5. The topological polar surface area (TPSA) is 81.7 Å². The van der Waals surface area contributed by atoms with Gasteiger partial charge in [0, 0.05) is 0 Å². The van der Waals surface area contributed by atoms with Crippen molar-refractivity contribution < 1.29 is 22.7 Å². The molecule has 0 saturated heterocycles. The van der Waals surface area contributed by atoms with Gasteiger partial charge in [0.2, 0.25) is 0 Å². The monoisotopic (exact) mass is 367 g/mol. The van der Waals surface area contributed by atoms with Crippen LogP contribution < -0.4 is 10.1 Å². The molecule has 0 saturated carbocycles. The van der Waals surface area contributed by atoms with Crippen LogP contribution in [-0.2, 0) is 19.4 Å². The lowest BCUT2D eigenvalue weighted by Gasteiger charge is -2.24. The molecule has 0 aliphatic carbocycles. The summed E-state index contributed by atoms with van der Waals surface area (Å²) in [6.45, 7) is 7.11. The SMILES string of the molecule is CC#CCOc1ccc(S(=O)(=O)C(C)NC(C(=O)OC)C(C)C)cc1. The van der Waals surface area contributed by atoms with E-state index in [4.69, 9.17) is 9.47 Å². The highest BCUT2D eigenvalue weighted by Gasteiger charge is 2.30. The Balaban J connectivity index is 2.91. The second-order valence-corrected chi connectivity index (χ2v) is 8.05. The Morgan fingerprint density at radius 3 is 2.28 bits per heavy atom. The molecule has 0 amide bonds. The van der Waals surface area contributed by atoms with E-state index in [2.05, 4.69) is 17.2 Å². The predicted molar refractivity (Wildman–Crippen MR) is 95.8 cm³/mol. The Kier molecular flexibility index (Phi) is 7.94. The van der Waals surface area contributed by atoms with Gasteiger partial charge in [0.1, 0.15) is 23.8 Å². The van der Waals surface area contributed by atoms with Crippen LogP contribution in [0.25, 0.3) is 0 Å². The minimum Gasteiger partial charge on any atom is -0.481 e. The van der Waals surface area contributed by atoms with Gasteiger partial charge in [0.25, 0.3) is 0 Å². The zero-order valence-corrected chi connectivity index (χ0v) is 16.0. The zero-order valence-electron chi connectivity index (χ0n) is 15.2. The maximum Gasteiger partial charge on any atom is 0.323 e. The number of hydrogen-bond acceptors (Lipinski definition) is 6. The molecule has 0 aliphatic rings. The maximum atomic E-state index is 12.7. The summed E-state index contributed by atoms with van der Waals surface area (Å²) >= 11 is 0.